The Morgan fingerprint density at radius 1 is 1.00 bits per heavy atom. The van der Waals surface area contributed by atoms with Crippen LogP contribution >= 0.6 is 15.9 Å². The van der Waals surface area contributed by atoms with Crippen LogP contribution in [0.2, 0.25) is 0 Å². The van der Waals surface area contributed by atoms with Crippen molar-refractivity contribution in [3.63, 3.8) is 0 Å². The minimum Gasteiger partial charge on any atom is -0.495 e. The van der Waals surface area contributed by atoms with E-state index >= 15 is 0 Å². The number of para-hydroxylation sites is 2. The van der Waals surface area contributed by atoms with Crippen LogP contribution in [0.25, 0.3) is 0 Å². The summed E-state index contributed by atoms with van der Waals surface area (Å²) in [4.78, 5) is 2.36. The minimum atomic E-state index is 0.909. The first-order valence-electron chi connectivity index (χ1n) is 8.11. The van der Waals surface area contributed by atoms with E-state index in [-0.39, 0.29) is 0 Å². The van der Waals surface area contributed by atoms with Gasteiger partial charge in [0.05, 0.1) is 31.6 Å². The highest BCUT2D eigenvalue weighted by Crippen LogP contribution is 2.28. The van der Waals surface area contributed by atoms with E-state index in [0.717, 1.165) is 53.4 Å². The van der Waals surface area contributed by atoms with Gasteiger partial charge >= 0.3 is 0 Å². The number of methoxy groups -OCH3 is 1. The lowest BCUT2D eigenvalue weighted by Gasteiger charge is -2.35. The third kappa shape index (κ3) is 3.90. The van der Waals surface area contributed by atoms with E-state index in [2.05, 4.69) is 57.0 Å². The Morgan fingerprint density at radius 3 is 2.33 bits per heavy atom. The Kier molecular flexibility index (Phi) is 5.41. The Labute approximate surface area is 151 Å². The Bertz CT molecular complexity index is 707. The van der Waals surface area contributed by atoms with Crippen molar-refractivity contribution in [2.75, 3.05) is 38.2 Å². The molecule has 1 saturated heterocycles. The molecule has 4 nitrogen and oxygen atoms in total. The lowest BCUT2D eigenvalue weighted by Crippen LogP contribution is -2.44. The zero-order chi connectivity index (χ0) is 16.9. The largest absolute Gasteiger partial charge is 0.495 e. The number of hydrogen-bond acceptors (Lipinski definition) is 4. The molecule has 2 aromatic rings. The summed E-state index contributed by atoms with van der Waals surface area (Å²) < 4.78 is 6.56. The number of hydrazone groups is 1. The second-order valence-corrected chi connectivity index (χ2v) is 6.72. The maximum absolute atomic E-state index is 5.47. The molecular formula is C19H22BrN3O. The smallest absolute Gasteiger partial charge is 0.142 e. The van der Waals surface area contributed by atoms with Crippen LogP contribution in [0, 0.1) is 0 Å². The van der Waals surface area contributed by atoms with Crippen LogP contribution in [-0.4, -0.2) is 44.0 Å². The van der Waals surface area contributed by atoms with E-state index in [0.29, 0.717) is 0 Å². The van der Waals surface area contributed by atoms with Crippen molar-refractivity contribution in [2.45, 2.75) is 6.92 Å². The zero-order valence-corrected chi connectivity index (χ0v) is 15.7. The van der Waals surface area contributed by atoms with Gasteiger partial charge in [-0.3, -0.25) is 5.01 Å². The molecule has 1 heterocycles. The molecule has 0 amide bonds. The summed E-state index contributed by atoms with van der Waals surface area (Å²) in [7, 11) is 1.72. The van der Waals surface area contributed by atoms with Crippen molar-refractivity contribution >= 4 is 27.3 Å². The number of halogens is 1. The lowest BCUT2D eigenvalue weighted by molar-refractivity contribution is 0.269. The molecule has 1 aliphatic rings. The first-order chi connectivity index (χ1) is 11.7. The van der Waals surface area contributed by atoms with Crippen LogP contribution in [0.5, 0.6) is 5.75 Å². The van der Waals surface area contributed by atoms with Crippen LogP contribution in [0.1, 0.15) is 12.5 Å². The summed E-state index contributed by atoms with van der Waals surface area (Å²) in [6.07, 6.45) is 0. The Hall–Kier alpha value is -2.01. The van der Waals surface area contributed by atoms with Crippen molar-refractivity contribution in [1.29, 1.82) is 0 Å². The van der Waals surface area contributed by atoms with Crippen molar-refractivity contribution < 1.29 is 4.74 Å². The molecule has 2 aromatic carbocycles. The summed E-state index contributed by atoms with van der Waals surface area (Å²) in [5.74, 6) is 0.931. The minimum absolute atomic E-state index is 0.909. The first-order valence-corrected chi connectivity index (χ1v) is 8.91. The molecule has 0 unspecified atom stereocenters. The van der Waals surface area contributed by atoms with Crippen LogP contribution in [0.4, 0.5) is 5.69 Å². The van der Waals surface area contributed by atoms with E-state index < -0.39 is 0 Å². The molecule has 0 spiro atoms. The summed E-state index contributed by atoms with van der Waals surface area (Å²) >= 11 is 3.47. The predicted octanol–water partition coefficient (Wildman–Crippen LogP) is 4.00. The molecule has 0 atom stereocenters. The summed E-state index contributed by atoms with van der Waals surface area (Å²) in [6.45, 7) is 5.77. The first kappa shape index (κ1) is 16.8. The average Bonchev–Trinajstić information content (AvgIpc) is 2.63. The fraction of sp³-hybridized carbons (Fsp3) is 0.316. The molecule has 1 aliphatic heterocycles. The van der Waals surface area contributed by atoms with E-state index in [4.69, 9.17) is 9.84 Å². The number of rotatable bonds is 4. The molecule has 0 aliphatic carbocycles. The molecule has 0 N–H and O–H groups in total. The Morgan fingerprint density at radius 2 is 1.67 bits per heavy atom. The molecule has 126 valence electrons. The molecule has 0 radical (unpaired) electrons. The number of benzene rings is 2. The Balaban J connectivity index is 1.64. The molecule has 3 rings (SSSR count). The molecular weight excluding hydrogens is 366 g/mol. The summed E-state index contributed by atoms with van der Waals surface area (Å²) in [5.41, 5.74) is 3.37. The average molecular weight is 388 g/mol. The van der Waals surface area contributed by atoms with Gasteiger partial charge < -0.3 is 9.64 Å². The van der Waals surface area contributed by atoms with Crippen molar-refractivity contribution in [2.24, 2.45) is 5.10 Å². The second-order valence-electron chi connectivity index (χ2n) is 5.80. The van der Waals surface area contributed by atoms with Gasteiger partial charge in [0.15, 0.2) is 0 Å². The van der Waals surface area contributed by atoms with E-state index in [9.17, 15) is 0 Å². The van der Waals surface area contributed by atoms with Gasteiger partial charge in [0.25, 0.3) is 0 Å². The highest BCUT2D eigenvalue weighted by atomic mass is 79.9. The predicted molar refractivity (Wildman–Crippen MR) is 103 cm³/mol. The maximum atomic E-state index is 5.47. The molecule has 0 saturated carbocycles. The van der Waals surface area contributed by atoms with E-state index in [1.54, 1.807) is 7.11 Å². The standard InChI is InChI=1S/C19H22BrN3O/c1-15(16-7-9-17(20)10-8-16)21-23-13-11-22(12-14-23)18-5-3-4-6-19(18)24-2/h3-10H,11-14H2,1-2H3. The highest BCUT2D eigenvalue weighted by molar-refractivity contribution is 9.10. The highest BCUT2D eigenvalue weighted by Gasteiger charge is 2.18. The van der Waals surface area contributed by atoms with Crippen molar-refractivity contribution in [3.05, 3.63) is 58.6 Å². The van der Waals surface area contributed by atoms with Crippen molar-refractivity contribution in [3.8, 4) is 5.75 Å². The summed E-state index contributed by atoms with van der Waals surface area (Å²) in [6, 6.07) is 16.5. The van der Waals surface area contributed by atoms with Gasteiger partial charge in [-0.05, 0) is 36.8 Å². The number of hydrogen-bond donors (Lipinski definition) is 0. The number of piperazine rings is 1. The van der Waals surface area contributed by atoms with Gasteiger partial charge in [0.2, 0.25) is 0 Å². The van der Waals surface area contributed by atoms with E-state index in [1.165, 1.54) is 0 Å². The fourth-order valence-corrected chi connectivity index (χ4v) is 3.15. The van der Waals surface area contributed by atoms with Crippen LogP contribution in [0.3, 0.4) is 0 Å². The molecule has 1 fully saturated rings. The molecule has 0 aromatic heterocycles. The van der Waals surface area contributed by atoms with Crippen LogP contribution < -0.4 is 9.64 Å². The quantitative estimate of drug-likeness (QED) is 0.742. The fourth-order valence-electron chi connectivity index (χ4n) is 2.89. The third-order valence-corrected chi connectivity index (χ3v) is 4.76. The zero-order valence-electron chi connectivity index (χ0n) is 14.1. The second kappa shape index (κ2) is 7.71. The molecule has 0 bridgehead atoms. The molecule has 5 heteroatoms. The van der Waals surface area contributed by atoms with Gasteiger partial charge in [-0.25, -0.2) is 0 Å². The van der Waals surface area contributed by atoms with Crippen LogP contribution in [0.15, 0.2) is 58.1 Å². The number of anilines is 1. The SMILES string of the molecule is COc1ccccc1N1CCN(N=C(C)c2ccc(Br)cc2)CC1. The van der Waals surface area contributed by atoms with Gasteiger partial charge in [-0.2, -0.15) is 5.10 Å². The maximum Gasteiger partial charge on any atom is 0.142 e. The monoisotopic (exact) mass is 387 g/mol. The van der Waals surface area contributed by atoms with Crippen molar-refractivity contribution in [1.82, 2.24) is 5.01 Å². The normalized spacial score (nSPS) is 15.5. The van der Waals surface area contributed by atoms with Gasteiger partial charge in [-0.15, -0.1) is 0 Å². The lowest BCUT2D eigenvalue weighted by atomic mass is 10.1. The summed E-state index contributed by atoms with van der Waals surface area (Å²) in [5, 5.41) is 6.94. The topological polar surface area (TPSA) is 28.1 Å². The van der Waals surface area contributed by atoms with Gasteiger partial charge in [-0.1, -0.05) is 40.2 Å². The number of ether oxygens (including phenoxy) is 1. The van der Waals surface area contributed by atoms with Gasteiger partial charge in [0, 0.05) is 17.6 Å². The number of nitrogens with zero attached hydrogens (tertiary/aromatic N) is 3. The van der Waals surface area contributed by atoms with Gasteiger partial charge in [0.1, 0.15) is 5.75 Å². The molecule has 24 heavy (non-hydrogen) atoms. The van der Waals surface area contributed by atoms with E-state index in [1.807, 2.05) is 24.3 Å². The van der Waals surface area contributed by atoms with Crippen LogP contribution in [-0.2, 0) is 0 Å². The third-order valence-electron chi connectivity index (χ3n) is 4.24.